The molecule has 0 aliphatic heterocycles. The third-order valence-electron chi connectivity index (χ3n) is 2.47. The van der Waals surface area contributed by atoms with Gasteiger partial charge < -0.3 is 20.1 Å². The van der Waals surface area contributed by atoms with Crippen LogP contribution in [0.3, 0.4) is 0 Å². The molecule has 0 aliphatic carbocycles. The summed E-state index contributed by atoms with van der Waals surface area (Å²) in [7, 11) is 0. The highest BCUT2D eigenvalue weighted by Crippen LogP contribution is 2.06. The Labute approximate surface area is 98.2 Å². The Morgan fingerprint density at radius 2 is 1.38 bits per heavy atom. The first-order chi connectivity index (χ1) is 7.81. The lowest BCUT2D eigenvalue weighted by atomic mass is 10.1. The fourth-order valence-corrected chi connectivity index (χ4v) is 1.47. The lowest BCUT2D eigenvalue weighted by molar-refractivity contribution is 0.00525. The third-order valence-corrected chi connectivity index (χ3v) is 2.47. The highest BCUT2D eigenvalue weighted by atomic mass is 16.5. The largest absolute Gasteiger partial charge is 0.396 e. The van der Waals surface area contributed by atoms with Crippen molar-refractivity contribution >= 4 is 0 Å². The van der Waals surface area contributed by atoms with Gasteiger partial charge in [-0.1, -0.05) is 32.1 Å². The lowest BCUT2D eigenvalue weighted by Crippen LogP contribution is -2.19. The third kappa shape index (κ3) is 11.9. The second-order valence-electron chi connectivity index (χ2n) is 4.11. The van der Waals surface area contributed by atoms with E-state index in [0.717, 1.165) is 25.7 Å². The number of unbranched alkanes of at least 4 members (excludes halogenated alkanes) is 6. The van der Waals surface area contributed by atoms with Crippen molar-refractivity contribution in [1.29, 1.82) is 0 Å². The first-order valence-electron chi connectivity index (χ1n) is 6.28. The molecule has 1 unspecified atom stereocenters. The van der Waals surface area contributed by atoms with Crippen molar-refractivity contribution in [3.63, 3.8) is 0 Å². The van der Waals surface area contributed by atoms with Crippen molar-refractivity contribution in [3.8, 4) is 0 Å². The van der Waals surface area contributed by atoms with Crippen LogP contribution in [-0.2, 0) is 4.74 Å². The maximum Gasteiger partial charge on any atom is 0.100 e. The summed E-state index contributed by atoms with van der Waals surface area (Å²) in [5.41, 5.74) is 0. The van der Waals surface area contributed by atoms with E-state index >= 15 is 0 Å². The van der Waals surface area contributed by atoms with E-state index in [0.29, 0.717) is 13.2 Å². The lowest BCUT2D eigenvalue weighted by Gasteiger charge is -2.07. The van der Waals surface area contributed by atoms with Gasteiger partial charge in [0.05, 0.1) is 13.2 Å². The molecule has 0 heterocycles. The molecule has 1 atom stereocenters. The Morgan fingerprint density at radius 3 is 1.94 bits per heavy atom. The van der Waals surface area contributed by atoms with Crippen molar-refractivity contribution in [2.24, 2.45) is 0 Å². The molecule has 0 spiro atoms. The van der Waals surface area contributed by atoms with Crippen LogP contribution in [-0.4, -0.2) is 47.9 Å². The average Bonchev–Trinajstić information content (AvgIpc) is 2.31. The molecule has 16 heavy (non-hydrogen) atoms. The molecule has 0 radical (unpaired) electrons. The maximum absolute atomic E-state index is 8.99. The number of aliphatic hydroxyl groups excluding tert-OH is 3. The van der Waals surface area contributed by atoms with Crippen LogP contribution < -0.4 is 0 Å². The van der Waals surface area contributed by atoms with Gasteiger partial charge in [0.2, 0.25) is 0 Å². The summed E-state index contributed by atoms with van der Waals surface area (Å²) in [6.45, 7) is 0.965. The minimum absolute atomic E-state index is 0.229. The first-order valence-corrected chi connectivity index (χ1v) is 6.28. The van der Waals surface area contributed by atoms with E-state index in [1.807, 2.05) is 0 Å². The van der Waals surface area contributed by atoms with Gasteiger partial charge in [-0.2, -0.15) is 0 Å². The molecule has 0 rings (SSSR count). The zero-order valence-corrected chi connectivity index (χ0v) is 10.1. The van der Waals surface area contributed by atoms with Gasteiger partial charge in [0.15, 0.2) is 0 Å². The van der Waals surface area contributed by atoms with E-state index in [1.54, 1.807) is 0 Å². The molecule has 0 fully saturated rings. The van der Waals surface area contributed by atoms with Crippen LogP contribution in [0.4, 0.5) is 0 Å². The Kier molecular flexibility index (Phi) is 12.8. The van der Waals surface area contributed by atoms with Crippen LogP contribution in [0.2, 0.25) is 0 Å². The van der Waals surface area contributed by atoms with Crippen molar-refractivity contribution in [1.82, 2.24) is 0 Å². The molecule has 98 valence electrons. The fourth-order valence-electron chi connectivity index (χ4n) is 1.47. The molecule has 3 N–H and O–H groups in total. The highest BCUT2D eigenvalue weighted by Gasteiger charge is 2.00. The molecule has 0 saturated carbocycles. The van der Waals surface area contributed by atoms with Gasteiger partial charge in [0, 0.05) is 13.2 Å². The number of hydrogen-bond donors (Lipinski definition) is 3. The number of rotatable bonds is 12. The quantitative estimate of drug-likeness (QED) is 0.442. The predicted octanol–water partition coefficient (Wildman–Crippen LogP) is 1.08. The molecule has 4 nitrogen and oxygen atoms in total. The van der Waals surface area contributed by atoms with Gasteiger partial charge in [0.25, 0.3) is 0 Å². The van der Waals surface area contributed by atoms with Crippen molar-refractivity contribution in [2.45, 2.75) is 51.0 Å². The smallest absolute Gasteiger partial charge is 0.100 e. The van der Waals surface area contributed by atoms with Gasteiger partial charge >= 0.3 is 0 Å². The fraction of sp³-hybridized carbons (Fsp3) is 1.00. The Hall–Kier alpha value is -0.160. The molecule has 0 saturated heterocycles. The molecule has 0 aromatic heterocycles. The predicted molar refractivity (Wildman–Crippen MR) is 63.3 cm³/mol. The summed E-state index contributed by atoms with van der Waals surface area (Å²) in [5, 5.41) is 26.1. The van der Waals surface area contributed by atoms with Crippen LogP contribution in [0.1, 0.15) is 44.9 Å². The Morgan fingerprint density at radius 1 is 0.812 bits per heavy atom. The van der Waals surface area contributed by atoms with Crippen LogP contribution >= 0.6 is 0 Å². The summed E-state index contributed by atoms with van der Waals surface area (Å²) in [4.78, 5) is 0. The number of hydrogen-bond acceptors (Lipinski definition) is 4. The van der Waals surface area contributed by atoms with E-state index in [-0.39, 0.29) is 13.2 Å². The van der Waals surface area contributed by atoms with Gasteiger partial charge in [-0.15, -0.1) is 0 Å². The van der Waals surface area contributed by atoms with Crippen LogP contribution in [0.25, 0.3) is 0 Å². The average molecular weight is 234 g/mol. The highest BCUT2D eigenvalue weighted by molar-refractivity contribution is 4.49. The van der Waals surface area contributed by atoms with Crippen molar-refractivity contribution in [3.05, 3.63) is 0 Å². The second-order valence-corrected chi connectivity index (χ2v) is 4.11. The molecular formula is C12H26O4. The van der Waals surface area contributed by atoms with Crippen LogP contribution in [0.5, 0.6) is 0 Å². The van der Waals surface area contributed by atoms with Crippen molar-refractivity contribution in [2.75, 3.05) is 26.4 Å². The summed E-state index contributed by atoms with van der Waals surface area (Å²) < 4.78 is 5.19. The minimum Gasteiger partial charge on any atom is -0.396 e. The van der Waals surface area contributed by atoms with E-state index in [4.69, 9.17) is 20.1 Å². The van der Waals surface area contributed by atoms with Gasteiger partial charge in [0.1, 0.15) is 6.10 Å². The van der Waals surface area contributed by atoms with E-state index in [2.05, 4.69) is 0 Å². The molecule has 0 aromatic carbocycles. The van der Waals surface area contributed by atoms with Gasteiger partial charge in [-0.3, -0.25) is 0 Å². The summed E-state index contributed by atoms with van der Waals surface area (Å²) >= 11 is 0. The SMILES string of the molecule is OCCCCCCCCCOCC(O)CO. The molecule has 4 heteroatoms. The van der Waals surface area contributed by atoms with Crippen molar-refractivity contribution < 1.29 is 20.1 Å². The molecule has 0 amide bonds. The molecule has 0 bridgehead atoms. The van der Waals surface area contributed by atoms with E-state index in [9.17, 15) is 0 Å². The van der Waals surface area contributed by atoms with Crippen LogP contribution in [0, 0.1) is 0 Å². The zero-order chi connectivity index (χ0) is 12.1. The second kappa shape index (κ2) is 12.9. The monoisotopic (exact) mass is 234 g/mol. The minimum atomic E-state index is -0.738. The Bertz CT molecular complexity index is 130. The number of ether oxygens (including phenoxy) is 1. The first kappa shape index (κ1) is 15.8. The van der Waals surface area contributed by atoms with E-state index in [1.165, 1.54) is 19.3 Å². The normalized spacial score (nSPS) is 12.9. The summed E-state index contributed by atoms with van der Waals surface area (Å²) in [6, 6.07) is 0. The standard InChI is InChI=1S/C12H26O4/c13-8-6-4-2-1-3-5-7-9-16-11-12(15)10-14/h12-15H,1-11H2. The summed E-state index contributed by atoms with van der Waals surface area (Å²) in [5.74, 6) is 0. The van der Waals surface area contributed by atoms with Gasteiger partial charge in [-0.25, -0.2) is 0 Å². The summed E-state index contributed by atoms with van der Waals surface area (Å²) in [6.07, 6.45) is 7.09. The molecular weight excluding hydrogens is 208 g/mol. The zero-order valence-electron chi connectivity index (χ0n) is 10.1. The topological polar surface area (TPSA) is 69.9 Å². The molecule has 0 aromatic rings. The van der Waals surface area contributed by atoms with E-state index < -0.39 is 6.10 Å². The van der Waals surface area contributed by atoms with Gasteiger partial charge in [-0.05, 0) is 12.8 Å². The van der Waals surface area contributed by atoms with Crippen LogP contribution in [0.15, 0.2) is 0 Å². The molecule has 0 aliphatic rings. The Balaban J connectivity index is 2.93. The maximum atomic E-state index is 8.99. The number of aliphatic hydroxyl groups is 3.